The lowest BCUT2D eigenvalue weighted by Gasteiger charge is -2.11. The van der Waals surface area contributed by atoms with Crippen LogP contribution in [-0.4, -0.2) is 13.2 Å². The van der Waals surface area contributed by atoms with Crippen molar-refractivity contribution in [1.29, 1.82) is 0 Å². The smallest absolute Gasteiger partial charge is 0.123 e. The van der Waals surface area contributed by atoms with Gasteiger partial charge in [-0.3, -0.25) is 0 Å². The van der Waals surface area contributed by atoms with Crippen molar-refractivity contribution in [3.63, 3.8) is 0 Å². The zero-order valence-electron chi connectivity index (χ0n) is 9.42. The van der Waals surface area contributed by atoms with Crippen LogP contribution in [0.4, 0.5) is 0 Å². The molecule has 0 atom stereocenters. The van der Waals surface area contributed by atoms with Crippen LogP contribution < -0.4 is 10.1 Å². The molecule has 0 radical (unpaired) electrons. The molecule has 1 rings (SSSR count). The van der Waals surface area contributed by atoms with Gasteiger partial charge in [0.05, 0.1) is 6.61 Å². The normalized spacial score (nSPS) is 9.81. The second kappa shape index (κ2) is 7.32. The third-order valence-corrected chi connectivity index (χ3v) is 2.59. The number of hydrogen-bond donors (Lipinski definition) is 1. The van der Waals surface area contributed by atoms with Crippen LogP contribution in [0.1, 0.15) is 18.9 Å². The predicted molar refractivity (Wildman–Crippen MR) is 70.5 cm³/mol. The highest BCUT2D eigenvalue weighted by molar-refractivity contribution is 9.10. The van der Waals surface area contributed by atoms with Crippen molar-refractivity contribution in [3.05, 3.63) is 28.2 Å². The minimum Gasteiger partial charge on any atom is -0.492 e. The molecule has 0 spiro atoms. The van der Waals surface area contributed by atoms with E-state index in [1.54, 1.807) is 0 Å². The lowest BCUT2D eigenvalue weighted by molar-refractivity contribution is 0.323. The highest BCUT2D eigenvalue weighted by atomic mass is 79.9. The molecule has 0 heterocycles. The summed E-state index contributed by atoms with van der Waals surface area (Å²) in [6.45, 7) is 4.39. The van der Waals surface area contributed by atoms with Crippen molar-refractivity contribution in [3.8, 4) is 18.1 Å². The molecule has 0 aliphatic carbocycles. The average molecular weight is 282 g/mol. The molecule has 2 nitrogen and oxygen atoms in total. The first-order chi connectivity index (χ1) is 7.77. The monoisotopic (exact) mass is 281 g/mol. The molecule has 0 bridgehead atoms. The summed E-state index contributed by atoms with van der Waals surface area (Å²) < 4.78 is 6.69. The molecule has 1 N–H and O–H groups in total. The Kier molecular flexibility index (Phi) is 5.99. The summed E-state index contributed by atoms with van der Waals surface area (Å²) >= 11 is 3.45. The maximum absolute atomic E-state index is 5.63. The Morgan fingerprint density at radius 1 is 1.50 bits per heavy atom. The number of terminal acetylenes is 1. The largest absolute Gasteiger partial charge is 0.492 e. The van der Waals surface area contributed by atoms with Crippen LogP contribution in [0.2, 0.25) is 0 Å². The van der Waals surface area contributed by atoms with E-state index in [-0.39, 0.29) is 0 Å². The first kappa shape index (κ1) is 13.1. The van der Waals surface area contributed by atoms with E-state index in [1.807, 2.05) is 12.1 Å². The average Bonchev–Trinajstić information content (AvgIpc) is 2.29. The molecule has 16 heavy (non-hydrogen) atoms. The summed E-state index contributed by atoms with van der Waals surface area (Å²) in [4.78, 5) is 0. The molecule has 1 aromatic rings. The summed E-state index contributed by atoms with van der Waals surface area (Å²) in [7, 11) is 0. The van der Waals surface area contributed by atoms with E-state index < -0.39 is 0 Å². The van der Waals surface area contributed by atoms with Crippen LogP contribution in [0, 0.1) is 12.3 Å². The van der Waals surface area contributed by atoms with Gasteiger partial charge in [0.25, 0.3) is 0 Å². The molecule has 0 saturated heterocycles. The summed E-state index contributed by atoms with van der Waals surface area (Å²) in [5, 5.41) is 3.28. The quantitative estimate of drug-likeness (QED) is 0.640. The first-order valence-electron chi connectivity index (χ1n) is 5.33. The maximum atomic E-state index is 5.63. The molecular weight excluding hydrogens is 266 g/mol. The molecule has 86 valence electrons. The summed E-state index contributed by atoms with van der Waals surface area (Å²) in [6.07, 6.45) is 5.82. The van der Waals surface area contributed by atoms with E-state index in [9.17, 15) is 0 Å². The molecule has 0 aliphatic rings. The Morgan fingerprint density at radius 3 is 3.00 bits per heavy atom. The van der Waals surface area contributed by atoms with Gasteiger partial charge in [-0.15, -0.1) is 12.3 Å². The maximum Gasteiger partial charge on any atom is 0.123 e. The third-order valence-electron chi connectivity index (χ3n) is 2.09. The van der Waals surface area contributed by atoms with Gasteiger partial charge in [-0.2, -0.15) is 0 Å². The van der Waals surface area contributed by atoms with E-state index in [0.717, 1.165) is 28.9 Å². The van der Waals surface area contributed by atoms with E-state index in [0.29, 0.717) is 13.0 Å². The van der Waals surface area contributed by atoms with Gasteiger partial charge >= 0.3 is 0 Å². The van der Waals surface area contributed by atoms with Crippen LogP contribution in [0.25, 0.3) is 0 Å². The number of benzene rings is 1. The lowest BCUT2D eigenvalue weighted by Crippen LogP contribution is -2.13. The highest BCUT2D eigenvalue weighted by Gasteiger charge is 2.03. The van der Waals surface area contributed by atoms with Crippen molar-refractivity contribution >= 4 is 15.9 Å². The Morgan fingerprint density at radius 2 is 2.31 bits per heavy atom. The summed E-state index contributed by atoms with van der Waals surface area (Å²) in [5.74, 6) is 3.46. The molecular formula is C13H16BrNO. The SMILES string of the molecule is C#CCCOc1ccc(Br)cc1CNCC. The molecule has 0 aromatic heterocycles. The zero-order chi connectivity index (χ0) is 11.8. The molecule has 0 aliphatic heterocycles. The topological polar surface area (TPSA) is 21.3 Å². The van der Waals surface area contributed by atoms with Crippen molar-refractivity contribution in [1.82, 2.24) is 5.32 Å². The van der Waals surface area contributed by atoms with E-state index in [2.05, 4.69) is 40.2 Å². The summed E-state index contributed by atoms with van der Waals surface area (Å²) in [5.41, 5.74) is 1.15. The number of hydrogen-bond acceptors (Lipinski definition) is 2. The van der Waals surface area contributed by atoms with Gasteiger partial charge in [0, 0.05) is 23.0 Å². The second-order valence-electron chi connectivity index (χ2n) is 3.33. The van der Waals surface area contributed by atoms with Crippen molar-refractivity contribution in [2.75, 3.05) is 13.2 Å². The Bertz CT molecular complexity index is 371. The molecule has 3 heteroatoms. The summed E-state index contributed by atoms with van der Waals surface area (Å²) in [6, 6.07) is 6.00. The standard InChI is InChI=1S/C13H16BrNO/c1-3-5-8-16-13-7-6-12(14)9-11(13)10-15-4-2/h1,6-7,9,15H,4-5,8,10H2,2H3. The Balaban J connectivity index is 2.69. The molecule has 0 amide bonds. The molecule has 0 unspecified atom stereocenters. The van der Waals surface area contributed by atoms with Gasteiger partial charge in [0.15, 0.2) is 0 Å². The molecule has 1 aromatic carbocycles. The van der Waals surface area contributed by atoms with Crippen LogP contribution in [-0.2, 0) is 6.54 Å². The van der Waals surface area contributed by atoms with Crippen LogP contribution >= 0.6 is 15.9 Å². The van der Waals surface area contributed by atoms with Gasteiger partial charge in [0.1, 0.15) is 5.75 Å². The van der Waals surface area contributed by atoms with E-state index >= 15 is 0 Å². The fraction of sp³-hybridized carbons (Fsp3) is 0.385. The predicted octanol–water partition coefficient (Wildman–Crippen LogP) is 2.96. The van der Waals surface area contributed by atoms with Crippen LogP contribution in [0.3, 0.4) is 0 Å². The molecule has 0 saturated carbocycles. The number of rotatable bonds is 6. The Labute approximate surface area is 106 Å². The van der Waals surface area contributed by atoms with Gasteiger partial charge in [-0.05, 0) is 24.7 Å². The van der Waals surface area contributed by atoms with Crippen molar-refractivity contribution in [2.24, 2.45) is 0 Å². The second-order valence-corrected chi connectivity index (χ2v) is 4.25. The number of nitrogens with one attached hydrogen (secondary N) is 1. The third kappa shape index (κ3) is 4.26. The minimum absolute atomic E-state index is 0.567. The first-order valence-corrected chi connectivity index (χ1v) is 6.12. The van der Waals surface area contributed by atoms with Crippen LogP contribution in [0.5, 0.6) is 5.75 Å². The lowest BCUT2D eigenvalue weighted by atomic mass is 10.2. The Hall–Kier alpha value is -0.980. The van der Waals surface area contributed by atoms with Crippen LogP contribution in [0.15, 0.2) is 22.7 Å². The highest BCUT2D eigenvalue weighted by Crippen LogP contribution is 2.23. The fourth-order valence-electron chi connectivity index (χ4n) is 1.31. The van der Waals surface area contributed by atoms with E-state index in [4.69, 9.17) is 11.2 Å². The van der Waals surface area contributed by atoms with E-state index in [1.165, 1.54) is 0 Å². The fourth-order valence-corrected chi connectivity index (χ4v) is 1.72. The minimum atomic E-state index is 0.567. The van der Waals surface area contributed by atoms with Crippen molar-refractivity contribution < 1.29 is 4.74 Å². The number of halogens is 1. The molecule has 0 fully saturated rings. The van der Waals surface area contributed by atoms with Crippen molar-refractivity contribution in [2.45, 2.75) is 19.9 Å². The number of ether oxygens (including phenoxy) is 1. The van der Waals surface area contributed by atoms with Gasteiger partial charge in [0.2, 0.25) is 0 Å². The van der Waals surface area contributed by atoms with Gasteiger partial charge in [-0.1, -0.05) is 22.9 Å². The van der Waals surface area contributed by atoms with Gasteiger partial charge < -0.3 is 10.1 Å². The zero-order valence-corrected chi connectivity index (χ0v) is 11.0. The van der Waals surface area contributed by atoms with Gasteiger partial charge in [-0.25, -0.2) is 0 Å².